The molecule has 2 unspecified atom stereocenters. The fourth-order valence-corrected chi connectivity index (χ4v) is 2.36. The van der Waals surface area contributed by atoms with Gasteiger partial charge < -0.3 is 15.3 Å². The molecule has 0 saturated heterocycles. The van der Waals surface area contributed by atoms with Crippen molar-refractivity contribution < 1.29 is 20.1 Å². The molecule has 2 rings (SSSR count). The molecular weight excluding hydrogens is 305 g/mol. The molecule has 0 aliphatic carbocycles. The summed E-state index contributed by atoms with van der Waals surface area (Å²) in [4.78, 5) is 11.4. The SMILES string of the molecule is CC(NC(Cc1ccccc1)C(=O)O)c1ccc(O)cc1O.[NaH]. The van der Waals surface area contributed by atoms with Gasteiger partial charge in [0.25, 0.3) is 0 Å². The number of carboxylic acids is 1. The monoisotopic (exact) mass is 325 g/mol. The Bertz CT molecular complexity index is 648. The number of carbonyl (C=O) groups is 1. The Morgan fingerprint density at radius 1 is 1.13 bits per heavy atom. The molecule has 0 saturated carbocycles. The number of benzene rings is 2. The van der Waals surface area contributed by atoms with E-state index in [0.29, 0.717) is 12.0 Å². The van der Waals surface area contributed by atoms with Crippen LogP contribution < -0.4 is 5.32 Å². The second-order valence-electron chi connectivity index (χ2n) is 5.21. The molecule has 118 valence electrons. The van der Waals surface area contributed by atoms with Crippen LogP contribution in [-0.4, -0.2) is 56.9 Å². The summed E-state index contributed by atoms with van der Waals surface area (Å²) >= 11 is 0. The van der Waals surface area contributed by atoms with Crippen LogP contribution in [0.2, 0.25) is 0 Å². The molecule has 6 heteroatoms. The van der Waals surface area contributed by atoms with Crippen LogP contribution in [0.25, 0.3) is 0 Å². The Kier molecular flexibility index (Phi) is 7.58. The van der Waals surface area contributed by atoms with Crippen molar-refractivity contribution in [3.05, 3.63) is 59.7 Å². The van der Waals surface area contributed by atoms with Gasteiger partial charge in [0.15, 0.2) is 0 Å². The van der Waals surface area contributed by atoms with E-state index in [1.54, 1.807) is 13.0 Å². The van der Waals surface area contributed by atoms with E-state index in [1.165, 1.54) is 12.1 Å². The van der Waals surface area contributed by atoms with Crippen LogP contribution in [0.5, 0.6) is 11.5 Å². The van der Waals surface area contributed by atoms with Gasteiger partial charge in [-0.15, -0.1) is 0 Å². The molecular formula is C17H20NNaO4. The minimum atomic E-state index is -0.950. The maximum absolute atomic E-state index is 11.4. The maximum atomic E-state index is 11.4. The van der Waals surface area contributed by atoms with Crippen molar-refractivity contribution in [3.8, 4) is 11.5 Å². The van der Waals surface area contributed by atoms with Crippen LogP contribution in [0.4, 0.5) is 0 Å². The van der Waals surface area contributed by atoms with E-state index in [-0.39, 0.29) is 47.1 Å². The standard InChI is InChI=1S/C17H19NO4.Na.H/c1-11(14-8-7-13(19)10-16(14)20)18-15(17(21)22)9-12-5-3-2-4-6-12;;/h2-8,10-11,15,18-20H,9H2,1H3,(H,21,22);;. The van der Waals surface area contributed by atoms with E-state index in [2.05, 4.69) is 5.32 Å². The fraction of sp³-hybridized carbons (Fsp3) is 0.235. The van der Waals surface area contributed by atoms with E-state index >= 15 is 0 Å². The molecule has 0 radical (unpaired) electrons. The van der Waals surface area contributed by atoms with Gasteiger partial charge >= 0.3 is 35.5 Å². The molecule has 0 heterocycles. The zero-order valence-corrected chi connectivity index (χ0v) is 12.2. The summed E-state index contributed by atoms with van der Waals surface area (Å²) < 4.78 is 0. The van der Waals surface area contributed by atoms with Crippen molar-refractivity contribution in [1.82, 2.24) is 5.32 Å². The van der Waals surface area contributed by atoms with Gasteiger partial charge in [0, 0.05) is 17.7 Å². The molecule has 2 aromatic carbocycles. The molecule has 5 nitrogen and oxygen atoms in total. The Morgan fingerprint density at radius 2 is 1.78 bits per heavy atom. The Labute approximate surface area is 157 Å². The summed E-state index contributed by atoms with van der Waals surface area (Å²) in [5.41, 5.74) is 1.46. The number of aliphatic carboxylic acids is 1. The summed E-state index contributed by atoms with van der Waals surface area (Å²) in [6.07, 6.45) is 0.347. The molecule has 2 atom stereocenters. The normalized spacial score (nSPS) is 12.9. The second kappa shape index (κ2) is 8.93. The van der Waals surface area contributed by atoms with Crippen LogP contribution in [0.15, 0.2) is 48.5 Å². The van der Waals surface area contributed by atoms with Gasteiger partial charge in [0.1, 0.15) is 17.5 Å². The van der Waals surface area contributed by atoms with Gasteiger partial charge in [-0.05, 0) is 25.0 Å². The summed E-state index contributed by atoms with van der Waals surface area (Å²) in [5, 5.41) is 31.5. The van der Waals surface area contributed by atoms with E-state index in [4.69, 9.17) is 0 Å². The van der Waals surface area contributed by atoms with Crippen molar-refractivity contribution in [1.29, 1.82) is 0 Å². The van der Waals surface area contributed by atoms with Crippen molar-refractivity contribution >= 4 is 35.5 Å². The minimum absolute atomic E-state index is 0. The number of rotatable bonds is 6. The molecule has 0 aromatic heterocycles. The van der Waals surface area contributed by atoms with Crippen LogP contribution in [0.1, 0.15) is 24.1 Å². The average Bonchev–Trinajstić information content (AvgIpc) is 2.47. The van der Waals surface area contributed by atoms with Gasteiger partial charge in [-0.2, -0.15) is 0 Å². The first-order chi connectivity index (χ1) is 10.5. The predicted molar refractivity (Wildman–Crippen MR) is 90.0 cm³/mol. The van der Waals surface area contributed by atoms with Gasteiger partial charge in [-0.25, -0.2) is 0 Å². The topological polar surface area (TPSA) is 89.8 Å². The first-order valence-corrected chi connectivity index (χ1v) is 7.02. The van der Waals surface area contributed by atoms with E-state index in [9.17, 15) is 20.1 Å². The van der Waals surface area contributed by atoms with Gasteiger partial charge in [0.2, 0.25) is 0 Å². The number of hydrogen-bond acceptors (Lipinski definition) is 4. The summed E-state index contributed by atoms with van der Waals surface area (Å²) in [5.74, 6) is -1.05. The third-order valence-corrected chi connectivity index (χ3v) is 3.51. The molecule has 4 N–H and O–H groups in total. The zero-order valence-electron chi connectivity index (χ0n) is 12.2. The number of phenols is 2. The summed E-state index contributed by atoms with van der Waals surface area (Å²) in [6, 6.07) is 12.5. The molecule has 0 fully saturated rings. The first-order valence-electron chi connectivity index (χ1n) is 7.02. The number of nitrogens with one attached hydrogen (secondary N) is 1. The van der Waals surface area contributed by atoms with Crippen molar-refractivity contribution in [2.24, 2.45) is 0 Å². The third kappa shape index (κ3) is 5.55. The fourth-order valence-electron chi connectivity index (χ4n) is 2.36. The number of carboxylic acid groups (broad SMARTS) is 1. The van der Waals surface area contributed by atoms with Crippen LogP contribution in [0.3, 0.4) is 0 Å². The molecule has 0 aliphatic heterocycles. The number of hydrogen-bond donors (Lipinski definition) is 4. The molecule has 23 heavy (non-hydrogen) atoms. The first kappa shape index (κ1) is 19.5. The van der Waals surface area contributed by atoms with Crippen molar-refractivity contribution in [2.45, 2.75) is 25.4 Å². The Balaban J connectivity index is 0.00000264. The average molecular weight is 325 g/mol. The van der Waals surface area contributed by atoms with Gasteiger partial charge in [-0.1, -0.05) is 36.4 Å². The van der Waals surface area contributed by atoms with Crippen LogP contribution in [0, 0.1) is 0 Å². The molecule has 0 aliphatic rings. The molecule has 2 aromatic rings. The van der Waals surface area contributed by atoms with Crippen LogP contribution >= 0.6 is 0 Å². The Morgan fingerprint density at radius 3 is 2.35 bits per heavy atom. The van der Waals surface area contributed by atoms with Crippen LogP contribution in [-0.2, 0) is 11.2 Å². The van der Waals surface area contributed by atoms with E-state index in [0.717, 1.165) is 5.56 Å². The third-order valence-electron chi connectivity index (χ3n) is 3.51. The molecule has 0 amide bonds. The number of phenolic OH excluding ortho intramolecular Hbond substituents is 2. The van der Waals surface area contributed by atoms with Gasteiger partial charge in [-0.3, -0.25) is 10.1 Å². The predicted octanol–water partition coefficient (Wildman–Crippen LogP) is 1.80. The summed E-state index contributed by atoms with van der Waals surface area (Å²) in [7, 11) is 0. The summed E-state index contributed by atoms with van der Waals surface area (Å²) in [6.45, 7) is 1.77. The van der Waals surface area contributed by atoms with Crippen molar-refractivity contribution in [2.75, 3.05) is 0 Å². The van der Waals surface area contributed by atoms with Gasteiger partial charge in [0.05, 0.1) is 0 Å². The molecule has 0 spiro atoms. The zero-order chi connectivity index (χ0) is 16.1. The van der Waals surface area contributed by atoms with E-state index < -0.39 is 12.0 Å². The molecule has 0 bridgehead atoms. The van der Waals surface area contributed by atoms with Crippen molar-refractivity contribution in [3.63, 3.8) is 0 Å². The number of aromatic hydroxyl groups is 2. The quantitative estimate of drug-likeness (QED) is 0.608. The Hall–Kier alpha value is -1.53. The second-order valence-corrected chi connectivity index (χ2v) is 5.21. The van der Waals surface area contributed by atoms with E-state index in [1.807, 2.05) is 30.3 Å².